The van der Waals surface area contributed by atoms with E-state index in [0.717, 1.165) is 58.7 Å². The first-order chi connectivity index (χ1) is 14.2. The normalized spacial score (nSPS) is 19.7. The van der Waals surface area contributed by atoms with Crippen LogP contribution in [0.1, 0.15) is 30.0 Å². The van der Waals surface area contributed by atoms with Gasteiger partial charge in [0.2, 0.25) is 5.91 Å². The minimum atomic E-state index is 0.114. The van der Waals surface area contributed by atoms with E-state index in [9.17, 15) is 9.90 Å². The molecule has 0 bridgehead atoms. The molecule has 2 aliphatic rings. The molecule has 0 unspecified atom stereocenters. The minimum Gasteiger partial charge on any atom is -0.394 e. The van der Waals surface area contributed by atoms with Gasteiger partial charge in [0, 0.05) is 50.5 Å². The number of rotatable bonds is 7. The van der Waals surface area contributed by atoms with Crippen LogP contribution in [0.15, 0.2) is 29.1 Å². The van der Waals surface area contributed by atoms with E-state index in [1.165, 1.54) is 11.3 Å². The highest BCUT2D eigenvalue weighted by molar-refractivity contribution is 7.07. The fourth-order valence-corrected chi connectivity index (χ4v) is 5.11. The molecule has 2 saturated heterocycles. The summed E-state index contributed by atoms with van der Waals surface area (Å²) >= 11 is 1.74. The van der Waals surface area contributed by atoms with Crippen molar-refractivity contribution < 1.29 is 9.90 Å². The second-order valence-corrected chi connectivity index (χ2v) is 8.82. The molecule has 158 valence electrons. The molecular formula is C21H31N5O2S. The summed E-state index contributed by atoms with van der Waals surface area (Å²) in [6, 6.07) is 4.25. The number of carbonyl (C=O) groups excluding carboxylic acids is 1. The van der Waals surface area contributed by atoms with Crippen molar-refractivity contribution in [1.82, 2.24) is 24.5 Å². The summed E-state index contributed by atoms with van der Waals surface area (Å²) in [6.45, 7) is 7.66. The molecule has 29 heavy (non-hydrogen) atoms. The van der Waals surface area contributed by atoms with Crippen molar-refractivity contribution in [3.63, 3.8) is 0 Å². The number of piperazine rings is 1. The first kappa shape index (κ1) is 20.5. The maximum absolute atomic E-state index is 12.8. The first-order valence-corrected chi connectivity index (χ1v) is 11.5. The van der Waals surface area contributed by atoms with E-state index in [-0.39, 0.29) is 12.5 Å². The third-order valence-corrected chi connectivity index (χ3v) is 6.87. The molecule has 0 radical (unpaired) electrons. The Bertz CT molecular complexity index is 762. The zero-order valence-electron chi connectivity index (χ0n) is 16.9. The minimum absolute atomic E-state index is 0.114. The Hall–Kier alpha value is -1.74. The van der Waals surface area contributed by atoms with Gasteiger partial charge in [-0.1, -0.05) is 0 Å². The van der Waals surface area contributed by atoms with Gasteiger partial charge >= 0.3 is 0 Å². The van der Waals surface area contributed by atoms with Crippen molar-refractivity contribution in [1.29, 1.82) is 0 Å². The highest BCUT2D eigenvalue weighted by Crippen LogP contribution is 2.27. The topological polar surface area (TPSA) is 64.8 Å². The first-order valence-electron chi connectivity index (χ1n) is 10.6. The number of aliphatic hydroxyl groups excluding tert-OH is 1. The lowest BCUT2D eigenvalue weighted by Gasteiger charge is -2.37. The van der Waals surface area contributed by atoms with Gasteiger partial charge in [0.15, 0.2) is 0 Å². The Kier molecular flexibility index (Phi) is 6.97. The van der Waals surface area contributed by atoms with E-state index in [1.54, 1.807) is 11.3 Å². The van der Waals surface area contributed by atoms with E-state index in [1.807, 2.05) is 15.8 Å². The van der Waals surface area contributed by atoms with Crippen molar-refractivity contribution in [3.05, 3.63) is 40.3 Å². The average molecular weight is 418 g/mol. The van der Waals surface area contributed by atoms with Crippen LogP contribution in [0, 0.1) is 0 Å². The van der Waals surface area contributed by atoms with Gasteiger partial charge in [0.1, 0.15) is 0 Å². The predicted molar refractivity (Wildman–Crippen MR) is 114 cm³/mol. The smallest absolute Gasteiger partial charge is 0.236 e. The summed E-state index contributed by atoms with van der Waals surface area (Å²) in [7, 11) is 0. The molecule has 7 nitrogen and oxygen atoms in total. The largest absolute Gasteiger partial charge is 0.394 e. The van der Waals surface area contributed by atoms with E-state index in [0.29, 0.717) is 19.0 Å². The summed E-state index contributed by atoms with van der Waals surface area (Å²) in [6.07, 6.45) is 3.90. The summed E-state index contributed by atoms with van der Waals surface area (Å²) in [5.74, 6) is 0.736. The number of hydrogen-bond acceptors (Lipinski definition) is 6. The zero-order valence-corrected chi connectivity index (χ0v) is 17.8. The summed E-state index contributed by atoms with van der Waals surface area (Å²) in [4.78, 5) is 19.5. The molecule has 1 N–H and O–H groups in total. The fraction of sp³-hybridized carbons (Fsp3) is 0.619. The Morgan fingerprint density at radius 1 is 1.10 bits per heavy atom. The van der Waals surface area contributed by atoms with Gasteiger partial charge in [0.25, 0.3) is 0 Å². The zero-order chi connectivity index (χ0) is 20.1. The average Bonchev–Trinajstić information content (AvgIpc) is 3.42. The lowest BCUT2D eigenvalue weighted by molar-refractivity contribution is -0.134. The molecule has 2 aromatic rings. The van der Waals surface area contributed by atoms with Crippen LogP contribution in [0.4, 0.5) is 0 Å². The third kappa shape index (κ3) is 5.25. The van der Waals surface area contributed by atoms with Gasteiger partial charge in [-0.05, 0) is 54.4 Å². The number of likely N-dealkylation sites (tertiary alicyclic amines) is 1. The molecule has 0 aromatic carbocycles. The van der Waals surface area contributed by atoms with Crippen LogP contribution in [0.2, 0.25) is 0 Å². The van der Waals surface area contributed by atoms with Gasteiger partial charge in [0.05, 0.1) is 19.7 Å². The maximum atomic E-state index is 12.8. The lowest BCUT2D eigenvalue weighted by atomic mass is 9.93. The molecule has 0 atom stereocenters. The number of nitrogens with zero attached hydrogens (tertiary/aromatic N) is 5. The molecule has 4 rings (SSSR count). The molecular weight excluding hydrogens is 386 g/mol. The Morgan fingerprint density at radius 2 is 1.90 bits per heavy atom. The van der Waals surface area contributed by atoms with Gasteiger partial charge < -0.3 is 10.0 Å². The Labute approximate surface area is 176 Å². The van der Waals surface area contributed by atoms with E-state index in [4.69, 9.17) is 0 Å². The number of aromatic nitrogens is 2. The van der Waals surface area contributed by atoms with Crippen molar-refractivity contribution in [2.45, 2.75) is 31.8 Å². The molecule has 2 fully saturated rings. The van der Waals surface area contributed by atoms with Crippen LogP contribution in [0.25, 0.3) is 0 Å². The number of hydrogen-bond donors (Lipinski definition) is 1. The van der Waals surface area contributed by atoms with Crippen molar-refractivity contribution in [3.8, 4) is 0 Å². The molecule has 2 aliphatic heterocycles. The SMILES string of the molecule is O=C(CN1CCC(c2ccnn2CCO)CC1)N1CCN(Cc2ccsc2)CC1. The highest BCUT2D eigenvalue weighted by atomic mass is 32.1. The lowest BCUT2D eigenvalue weighted by Crippen LogP contribution is -2.51. The molecule has 0 aliphatic carbocycles. The molecule has 1 amide bonds. The molecule has 8 heteroatoms. The monoisotopic (exact) mass is 417 g/mol. The van der Waals surface area contributed by atoms with Crippen LogP contribution >= 0.6 is 11.3 Å². The predicted octanol–water partition coefficient (Wildman–Crippen LogP) is 1.46. The Morgan fingerprint density at radius 3 is 2.59 bits per heavy atom. The van der Waals surface area contributed by atoms with Crippen LogP contribution in [0.5, 0.6) is 0 Å². The van der Waals surface area contributed by atoms with Crippen LogP contribution in [-0.4, -0.2) is 87.9 Å². The van der Waals surface area contributed by atoms with Crippen LogP contribution in [-0.2, 0) is 17.9 Å². The number of thiophene rings is 1. The van der Waals surface area contributed by atoms with Crippen molar-refractivity contribution in [2.24, 2.45) is 0 Å². The van der Waals surface area contributed by atoms with E-state index >= 15 is 0 Å². The quantitative estimate of drug-likeness (QED) is 0.739. The third-order valence-electron chi connectivity index (χ3n) is 6.14. The van der Waals surface area contributed by atoms with Crippen molar-refractivity contribution in [2.75, 3.05) is 52.4 Å². The van der Waals surface area contributed by atoms with Gasteiger partial charge in [-0.25, -0.2) is 0 Å². The summed E-state index contributed by atoms with van der Waals surface area (Å²) in [5, 5.41) is 17.8. The number of piperidine rings is 1. The van der Waals surface area contributed by atoms with Gasteiger partial charge in [-0.2, -0.15) is 16.4 Å². The van der Waals surface area contributed by atoms with E-state index in [2.05, 4.69) is 37.8 Å². The van der Waals surface area contributed by atoms with E-state index < -0.39 is 0 Å². The number of amides is 1. The standard InChI is InChI=1S/C21H31N5O2S/c27-13-12-26-20(1-5-22-26)19-2-6-23(7-3-19)16-21(28)25-10-8-24(9-11-25)15-18-4-14-29-17-18/h1,4-5,14,17,19,27H,2-3,6-13,15-16H2. The van der Waals surface area contributed by atoms with Crippen molar-refractivity contribution >= 4 is 17.2 Å². The molecule has 0 spiro atoms. The highest BCUT2D eigenvalue weighted by Gasteiger charge is 2.27. The number of aliphatic hydroxyl groups is 1. The number of carbonyl (C=O) groups is 1. The molecule has 4 heterocycles. The maximum Gasteiger partial charge on any atom is 0.236 e. The second kappa shape index (κ2) is 9.84. The summed E-state index contributed by atoms with van der Waals surface area (Å²) in [5.41, 5.74) is 2.59. The Balaban J connectivity index is 1.20. The van der Waals surface area contributed by atoms with Gasteiger partial charge in [-0.15, -0.1) is 0 Å². The summed E-state index contributed by atoms with van der Waals surface area (Å²) < 4.78 is 1.92. The second-order valence-electron chi connectivity index (χ2n) is 8.04. The van der Waals surface area contributed by atoms with Gasteiger partial charge in [-0.3, -0.25) is 19.3 Å². The van der Waals surface area contributed by atoms with Crippen LogP contribution in [0.3, 0.4) is 0 Å². The molecule has 0 saturated carbocycles. The van der Waals surface area contributed by atoms with Crippen LogP contribution < -0.4 is 0 Å². The fourth-order valence-electron chi connectivity index (χ4n) is 4.45. The molecule has 2 aromatic heterocycles.